The number of hydrogen-bond donors (Lipinski definition) is 2. The van der Waals surface area contributed by atoms with Crippen molar-refractivity contribution in [2.45, 2.75) is 37.8 Å². The van der Waals surface area contributed by atoms with Gasteiger partial charge in [-0.15, -0.1) is 6.42 Å². The van der Waals surface area contributed by atoms with Crippen LogP contribution in [0.15, 0.2) is 29.2 Å². The number of nitrogens with zero attached hydrogens (tertiary/aromatic N) is 1. The number of carbonyl (C=O) groups is 1. The van der Waals surface area contributed by atoms with Crippen LogP contribution in [0, 0.1) is 12.3 Å². The molecule has 1 rings (SSSR count). The van der Waals surface area contributed by atoms with Gasteiger partial charge in [-0.1, -0.05) is 18.1 Å². The molecule has 1 amide bonds. The zero-order valence-electron chi connectivity index (χ0n) is 12.8. The third kappa shape index (κ3) is 4.07. The van der Waals surface area contributed by atoms with Gasteiger partial charge in [-0.05, 0) is 32.9 Å². The Labute approximate surface area is 131 Å². The molecule has 0 heterocycles. The molecule has 0 spiro atoms. The van der Waals surface area contributed by atoms with Crippen LogP contribution in [0.4, 0.5) is 5.69 Å². The molecule has 0 radical (unpaired) electrons. The number of carbonyl (C=O) groups excluding carboxylic acids is 1. The van der Waals surface area contributed by atoms with E-state index in [9.17, 15) is 13.2 Å². The molecule has 0 bridgehead atoms. The van der Waals surface area contributed by atoms with E-state index in [0.29, 0.717) is 0 Å². The number of aliphatic hydroxyl groups excluding tert-OH is 1. The topological polar surface area (TPSA) is 86.7 Å². The van der Waals surface area contributed by atoms with E-state index in [4.69, 9.17) is 11.5 Å². The Morgan fingerprint density at radius 1 is 1.36 bits per heavy atom. The highest BCUT2D eigenvalue weighted by molar-refractivity contribution is 7.89. The van der Waals surface area contributed by atoms with Crippen LogP contribution in [0.3, 0.4) is 0 Å². The number of sulfonamides is 1. The highest BCUT2D eigenvalue weighted by Crippen LogP contribution is 2.27. The second-order valence-corrected chi connectivity index (χ2v) is 6.69. The Hall–Kier alpha value is -1.88. The summed E-state index contributed by atoms with van der Waals surface area (Å²) in [5, 5.41) is 9.13. The van der Waals surface area contributed by atoms with Gasteiger partial charge in [0.2, 0.25) is 10.0 Å². The van der Waals surface area contributed by atoms with Gasteiger partial charge in [-0.2, -0.15) is 0 Å². The Morgan fingerprint density at radius 3 is 2.45 bits per heavy atom. The predicted octanol–water partition coefficient (Wildman–Crippen LogP) is 0.720. The van der Waals surface area contributed by atoms with E-state index >= 15 is 0 Å². The van der Waals surface area contributed by atoms with Gasteiger partial charge in [0, 0.05) is 6.04 Å². The Balaban J connectivity index is 3.48. The number of rotatable bonds is 6. The smallest absolute Gasteiger partial charge is 0.253 e. The molecule has 1 aromatic carbocycles. The van der Waals surface area contributed by atoms with Crippen LogP contribution >= 0.6 is 0 Å². The van der Waals surface area contributed by atoms with Crippen molar-refractivity contribution >= 4 is 21.6 Å². The fourth-order valence-corrected chi connectivity index (χ4v) is 3.41. The molecule has 2 N–H and O–H groups in total. The Bertz CT molecular complexity index is 677. The fourth-order valence-electron chi connectivity index (χ4n) is 1.97. The maximum Gasteiger partial charge on any atom is 0.253 e. The summed E-state index contributed by atoms with van der Waals surface area (Å²) in [5.74, 6) is 1.71. The first-order valence-corrected chi connectivity index (χ1v) is 8.23. The van der Waals surface area contributed by atoms with E-state index in [1.54, 1.807) is 32.9 Å². The highest BCUT2D eigenvalue weighted by atomic mass is 32.2. The molecular formula is C15H20N2O4S. The summed E-state index contributed by atoms with van der Waals surface area (Å²) in [6.45, 7) is 4.20. The first-order valence-electron chi connectivity index (χ1n) is 6.75. The van der Waals surface area contributed by atoms with Crippen LogP contribution in [0.1, 0.15) is 20.8 Å². The van der Waals surface area contributed by atoms with Gasteiger partial charge < -0.3 is 5.11 Å². The molecule has 1 atom stereocenters. The van der Waals surface area contributed by atoms with Crippen LogP contribution in [-0.4, -0.2) is 38.1 Å². The predicted molar refractivity (Wildman–Crippen MR) is 84.8 cm³/mol. The quantitative estimate of drug-likeness (QED) is 0.755. The minimum absolute atomic E-state index is 0.0624. The van der Waals surface area contributed by atoms with Crippen LogP contribution in [0.25, 0.3) is 0 Å². The lowest BCUT2D eigenvalue weighted by Crippen LogP contribution is -2.41. The van der Waals surface area contributed by atoms with E-state index in [1.165, 1.54) is 12.1 Å². The van der Waals surface area contributed by atoms with E-state index in [0.717, 1.165) is 4.90 Å². The van der Waals surface area contributed by atoms with Gasteiger partial charge in [0.15, 0.2) is 0 Å². The van der Waals surface area contributed by atoms with Gasteiger partial charge in [-0.3, -0.25) is 9.69 Å². The van der Waals surface area contributed by atoms with Crippen molar-refractivity contribution in [1.29, 1.82) is 0 Å². The molecular weight excluding hydrogens is 304 g/mol. The number of para-hydroxylation sites is 1. The van der Waals surface area contributed by atoms with Gasteiger partial charge >= 0.3 is 0 Å². The lowest BCUT2D eigenvalue weighted by atomic mass is 10.2. The summed E-state index contributed by atoms with van der Waals surface area (Å²) < 4.78 is 27.3. The molecule has 0 fully saturated rings. The van der Waals surface area contributed by atoms with Crippen molar-refractivity contribution in [3.63, 3.8) is 0 Å². The first-order chi connectivity index (χ1) is 10.2. The lowest BCUT2D eigenvalue weighted by molar-refractivity contribution is -0.121. The van der Waals surface area contributed by atoms with Crippen molar-refractivity contribution in [2.24, 2.45) is 0 Å². The molecule has 0 aliphatic carbocycles. The van der Waals surface area contributed by atoms with Crippen LogP contribution in [0.2, 0.25) is 0 Å². The van der Waals surface area contributed by atoms with Crippen molar-refractivity contribution in [3.8, 4) is 12.3 Å². The van der Waals surface area contributed by atoms with Crippen LogP contribution in [-0.2, 0) is 14.8 Å². The maximum atomic E-state index is 12.4. The Morgan fingerprint density at radius 2 is 1.95 bits per heavy atom. The Kier molecular flexibility index (Phi) is 6.11. The van der Waals surface area contributed by atoms with Crippen molar-refractivity contribution in [1.82, 2.24) is 4.72 Å². The summed E-state index contributed by atoms with van der Waals surface area (Å²) in [5.41, 5.74) is 0.139. The third-order valence-electron chi connectivity index (χ3n) is 2.84. The van der Waals surface area contributed by atoms with E-state index in [2.05, 4.69) is 10.6 Å². The molecule has 0 aliphatic rings. The molecule has 1 unspecified atom stereocenters. The van der Waals surface area contributed by atoms with Gasteiger partial charge in [0.1, 0.15) is 11.5 Å². The summed E-state index contributed by atoms with van der Waals surface area (Å²) in [4.78, 5) is 13.0. The third-order valence-corrected chi connectivity index (χ3v) is 4.54. The number of nitrogens with one attached hydrogen (secondary N) is 1. The van der Waals surface area contributed by atoms with Gasteiger partial charge in [-0.25, -0.2) is 13.1 Å². The molecule has 7 heteroatoms. The molecule has 0 saturated carbocycles. The maximum absolute atomic E-state index is 12.4. The molecule has 0 aliphatic heterocycles. The van der Waals surface area contributed by atoms with Gasteiger partial charge in [0.25, 0.3) is 5.91 Å². The number of anilines is 1. The largest absolute Gasteiger partial charge is 0.387 e. The lowest BCUT2D eigenvalue weighted by Gasteiger charge is -2.27. The zero-order chi connectivity index (χ0) is 16.9. The second-order valence-electron chi connectivity index (χ2n) is 5.01. The molecule has 0 aromatic heterocycles. The molecule has 22 heavy (non-hydrogen) atoms. The summed E-state index contributed by atoms with van der Waals surface area (Å²) in [6, 6.07) is 5.03. The van der Waals surface area contributed by atoms with Crippen molar-refractivity contribution in [2.75, 3.05) is 11.5 Å². The average Bonchev–Trinajstić information content (AvgIpc) is 2.46. The minimum atomic E-state index is -3.81. The first kappa shape index (κ1) is 18.2. The number of amides is 1. The average molecular weight is 324 g/mol. The number of benzene rings is 1. The highest BCUT2D eigenvalue weighted by Gasteiger charge is 2.27. The van der Waals surface area contributed by atoms with Crippen LogP contribution in [0.5, 0.6) is 0 Å². The fraction of sp³-hybridized carbons (Fsp3) is 0.400. The normalized spacial score (nSPS) is 12.7. The molecule has 1 aromatic rings. The molecule has 0 saturated heterocycles. The van der Waals surface area contributed by atoms with Gasteiger partial charge in [0.05, 0.1) is 11.7 Å². The standard InChI is InChI=1S/C15H20N2O4S/c1-5-12(4)17(15(19)10-18)13-8-6-7-9-14(13)22(20,21)16-11(2)3/h1,6-9,11-12,16,18H,10H2,2-4H3. The summed E-state index contributed by atoms with van der Waals surface area (Å²) in [6.07, 6.45) is 5.35. The monoisotopic (exact) mass is 324 g/mol. The van der Waals surface area contributed by atoms with Crippen LogP contribution < -0.4 is 9.62 Å². The summed E-state index contributed by atoms with van der Waals surface area (Å²) >= 11 is 0. The summed E-state index contributed by atoms with van der Waals surface area (Å²) in [7, 11) is -3.81. The number of hydrogen-bond acceptors (Lipinski definition) is 4. The van der Waals surface area contributed by atoms with E-state index in [1.807, 2.05) is 0 Å². The second kappa shape index (κ2) is 7.40. The van der Waals surface area contributed by atoms with E-state index in [-0.39, 0.29) is 16.6 Å². The number of terminal acetylenes is 1. The van der Waals surface area contributed by atoms with Crippen molar-refractivity contribution < 1.29 is 18.3 Å². The zero-order valence-corrected chi connectivity index (χ0v) is 13.6. The minimum Gasteiger partial charge on any atom is -0.387 e. The number of aliphatic hydroxyl groups is 1. The molecule has 6 nitrogen and oxygen atoms in total. The molecule has 120 valence electrons. The van der Waals surface area contributed by atoms with E-state index < -0.39 is 28.6 Å². The van der Waals surface area contributed by atoms with Crippen molar-refractivity contribution in [3.05, 3.63) is 24.3 Å². The SMILES string of the molecule is C#CC(C)N(C(=O)CO)c1ccccc1S(=O)(=O)NC(C)C.